The molecule has 2 unspecified atom stereocenters. The average Bonchev–Trinajstić information content (AvgIpc) is 2.91. The molecule has 1 heterocycles. The lowest BCUT2D eigenvalue weighted by Crippen LogP contribution is -2.26. The number of aryl methyl sites for hydroxylation is 1. The van der Waals surface area contributed by atoms with E-state index in [0.717, 1.165) is 34.6 Å². The molecule has 1 aliphatic carbocycles. The summed E-state index contributed by atoms with van der Waals surface area (Å²) in [5.74, 6) is 0.421. The third-order valence-electron chi connectivity index (χ3n) is 6.04. The zero-order chi connectivity index (χ0) is 20.7. The fraction of sp³-hybridized carbons (Fsp3) is 0.192. The summed E-state index contributed by atoms with van der Waals surface area (Å²) in [7, 11) is 0. The minimum absolute atomic E-state index is 0.155. The van der Waals surface area contributed by atoms with Crippen LogP contribution in [-0.4, -0.2) is 5.78 Å². The molecule has 3 aromatic rings. The number of anilines is 2. The molecule has 5 rings (SSSR count). The van der Waals surface area contributed by atoms with Crippen LogP contribution in [0.25, 0.3) is 0 Å². The summed E-state index contributed by atoms with van der Waals surface area (Å²) in [6.45, 7) is 2.09. The molecule has 0 saturated carbocycles. The molecule has 2 atom stereocenters. The second-order valence-electron chi connectivity index (χ2n) is 8.13. The van der Waals surface area contributed by atoms with Gasteiger partial charge in [0.25, 0.3) is 0 Å². The van der Waals surface area contributed by atoms with E-state index < -0.39 is 0 Å². The number of para-hydroxylation sites is 2. The first-order valence-electron chi connectivity index (χ1n) is 10.3. The normalized spacial score (nSPS) is 20.5. The van der Waals surface area contributed by atoms with Gasteiger partial charge in [0.2, 0.25) is 0 Å². The van der Waals surface area contributed by atoms with Crippen LogP contribution in [0.2, 0.25) is 0 Å². The molecule has 2 aliphatic rings. The summed E-state index contributed by atoms with van der Waals surface area (Å²) in [6, 6.07) is 25.1. The number of benzene rings is 3. The van der Waals surface area contributed by atoms with E-state index in [1.54, 1.807) is 0 Å². The SMILES string of the molecule is Cc1ccc(C2CC(=O)C3=C(C2)Nc2ccccc2NC3c2cccc(I)c2)cc1. The largest absolute Gasteiger partial charge is 0.372 e. The molecule has 0 amide bonds. The zero-order valence-corrected chi connectivity index (χ0v) is 18.9. The number of Topliss-reactive ketones (excluding diaryl/α,β-unsaturated/α-hetero) is 1. The summed E-state index contributed by atoms with van der Waals surface area (Å²) in [5, 5.41) is 7.26. The first-order chi connectivity index (χ1) is 14.6. The van der Waals surface area contributed by atoms with Gasteiger partial charge in [0.05, 0.1) is 17.4 Å². The summed E-state index contributed by atoms with van der Waals surface area (Å²) < 4.78 is 1.17. The van der Waals surface area contributed by atoms with Crippen molar-refractivity contribution in [3.63, 3.8) is 0 Å². The number of halogens is 1. The predicted octanol–water partition coefficient (Wildman–Crippen LogP) is 6.58. The lowest BCUT2D eigenvalue weighted by atomic mass is 9.78. The van der Waals surface area contributed by atoms with Crippen LogP contribution in [0.4, 0.5) is 11.4 Å². The van der Waals surface area contributed by atoms with Gasteiger partial charge >= 0.3 is 0 Å². The Bertz CT molecular complexity index is 1150. The molecule has 150 valence electrons. The van der Waals surface area contributed by atoms with E-state index in [1.165, 1.54) is 14.7 Å². The van der Waals surface area contributed by atoms with Crippen LogP contribution in [0.3, 0.4) is 0 Å². The van der Waals surface area contributed by atoms with Crippen LogP contribution in [0, 0.1) is 10.5 Å². The summed E-state index contributed by atoms with van der Waals surface area (Å²) in [5.41, 5.74) is 7.56. The Morgan fingerprint density at radius 1 is 0.867 bits per heavy atom. The molecule has 3 nitrogen and oxygen atoms in total. The van der Waals surface area contributed by atoms with Crippen molar-refractivity contribution in [2.45, 2.75) is 31.7 Å². The third-order valence-corrected chi connectivity index (χ3v) is 6.71. The number of nitrogens with one attached hydrogen (secondary N) is 2. The number of fused-ring (bicyclic) bond motifs is 1. The maximum Gasteiger partial charge on any atom is 0.163 e. The van der Waals surface area contributed by atoms with Crippen molar-refractivity contribution in [1.82, 2.24) is 0 Å². The second-order valence-corrected chi connectivity index (χ2v) is 9.38. The van der Waals surface area contributed by atoms with Crippen LogP contribution < -0.4 is 10.6 Å². The summed E-state index contributed by atoms with van der Waals surface area (Å²) in [4.78, 5) is 13.5. The Labute approximate surface area is 190 Å². The van der Waals surface area contributed by atoms with Crippen LogP contribution >= 0.6 is 22.6 Å². The van der Waals surface area contributed by atoms with E-state index in [1.807, 2.05) is 12.1 Å². The van der Waals surface area contributed by atoms with Crippen molar-refractivity contribution in [3.8, 4) is 0 Å². The predicted molar refractivity (Wildman–Crippen MR) is 131 cm³/mol. The van der Waals surface area contributed by atoms with Crippen molar-refractivity contribution in [2.75, 3.05) is 10.6 Å². The van der Waals surface area contributed by atoms with Crippen LogP contribution in [0.1, 0.15) is 41.5 Å². The molecule has 0 saturated heterocycles. The topological polar surface area (TPSA) is 41.1 Å². The average molecular weight is 506 g/mol. The van der Waals surface area contributed by atoms with E-state index in [0.29, 0.717) is 6.42 Å². The fourth-order valence-corrected chi connectivity index (χ4v) is 5.07. The number of hydrogen-bond acceptors (Lipinski definition) is 3. The van der Waals surface area contributed by atoms with Gasteiger partial charge in [-0.05, 0) is 77.2 Å². The van der Waals surface area contributed by atoms with Gasteiger partial charge in [-0.15, -0.1) is 0 Å². The first kappa shape index (κ1) is 19.4. The van der Waals surface area contributed by atoms with Crippen molar-refractivity contribution in [3.05, 3.63) is 104 Å². The fourth-order valence-electron chi connectivity index (χ4n) is 4.50. The molecule has 3 aromatic carbocycles. The van der Waals surface area contributed by atoms with Gasteiger partial charge in [-0.2, -0.15) is 0 Å². The Kier molecular flexibility index (Phi) is 5.11. The maximum atomic E-state index is 13.5. The smallest absolute Gasteiger partial charge is 0.163 e. The highest BCUT2D eigenvalue weighted by molar-refractivity contribution is 14.1. The van der Waals surface area contributed by atoms with Gasteiger partial charge in [-0.1, -0.05) is 54.1 Å². The van der Waals surface area contributed by atoms with Gasteiger partial charge in [0.1, 0.15) is 0 Å². The molecule has 0 fully saturated rings. The van der Waals surface area contributed by atoms with E-state index >= 15 is 0 Å². The molecule has 0 aromatic heterocycles. The molecule has 1 aliphatic heterocycles. The van der Waals surface area contributed by atoms with Crippen LogP contribution in [0.5, 0.6) is 0 Å². The van der Waals surface area contributed by atoms with E-state index in [-0.39, 0.29) is 17.7 Å². The molecule has 0 bridgehead atoms. The molecular formula is C26H23IN2O. The van der Waals surface area contributed by atoms with Gasteiger partial charge in [0.15, 0.2) is 5.78 Å². The molecule has 0 spiro atoms. The van der Waals surface area contributed by atoms with Gasteiger partial charge < -0.3 is 10.6 Å². The molecular weight excluding hydrogens is 483 g/mol. The van der Waals surface area contributed by atoms with Crippen molar-refractivity contribution in [1.29, 1.82) is 0 Å². The Hall–Kier alpha value is -2.60. The van der Waals surface area contributed by atoms with Crippen molar-refractivity contribution >= 4 is 39.7 Å². The lowest BCUT2D eigenvalue weighted by molar-refractivity contribution is -0.116. The number of ketones is 1. The Morgan fingerprint density at radius 3 is 2.40 bits per heavy atom. The quantitative estimate of drug-likeness (QED) is 0.386. The number of carbonyl (C=O) groups is 1. The van der Waals surface area contributed by atoms with E-state index in [2.05, 4.69) is 101 Å². The van der Waals surface area contributed by atoms with Gasteiger partial charge in [0, 0.05) is 21.3 Å². The minimum Gasteiger partial charge on any atom is -0.372 e. The highest BCUT2D eigenvalue weighted by Gasteiger charge is 2.36. The standard InChI is InChI=1S/C26H23IN2O/c1-16-9-11-17(12-10-16)19-14-23-25(24(30)15-19)26(18-5-4-6-20(27)13-18)29-22-8-3-2-7-21(22)28-23/h2-13,19,26,28-29H,14-15H2,1H3. The van der Waals surface area contributed by atoms with Crippen molar-refractivity contribution in [2.24, 2.45) is 0 Å². The van der Waals surface area contributed by atoms with Crippen LogP contribution in [-0.2, 0) is 4.79 Å². The van der Waals surface area contributed by atoms with Gasteiger partial charge in [-0.25, -0.2) is 0 Å². The number of hydrogen-bond donors (Lipinski definition) is 2. The minimum atomic E-state index is -0.155. The second kappa shape index (κ2) is 7.91. The van der Waals surface area contributed by atoms with Crippen LogP contribution in [0.15, 0.2) is 84.1 Å². The zero-order valence-electron chi connectivity index (χ0n) is 16.8. The highest BCUT2D eigenvalue weighted by Crippen LogP contribution is 2.44. The first-order valence-corrected chi connectivity index (χ1v) is 11.4. The monoisotopic (exact) mass is 506 g/mol. The molecule has 2 N–H and O–H groups in total. The molecule has 4 heteroatoms. The number of carbonyl (C=O) groups excluding carboxylic acids is 1. The maximum absolute atomic E-state index is 13.5. The summed E-state index contributed by atoms with van der Waals surface area (Å²) in [6.07, 6.45) is 1.38. The molecule has 0 radical (unpaired) electrons. The summed E-state index contributed by atoms with van der Waals surface area (Å²) >= 11 is 2.33. The lowest BCUT2D eigenvalue weighted by Gasteiger charge is -2.30. The third kappa shape index (κ3) is 3.65. The van der Waals surface area contributed by atoms with Gasteiger partial charge in [-0.3, -0.25) is 4.79 Å². The highest BCUT2D eigenvalue weighted by atomic mass is 127. The van der Waals surface area contributed by atoms with E-state index in [9.17, 15) is 4.79 Å². The Morgan fingerprint density at radius 2 is 1.63 bits per heavy atom. The van der Waals surface area contributed by atoms with Crippen molar-refractivity contribution < 1.29 is 4.79 Å². The Balaban J connectivity index is 1.61. The molecule has 30 heavy (non-hydrogen) atoms. The van der Waals surface area contributed by atoms with E-state index in [4.69, 9.17) is 0 Å². The number of allylic oxidation sites excluding steroid dienone is 1. The number of rotatable bonds is 2.